The minimum absolute atomic E-state index is 0.845. The molecule has 0 amide bonds. The Labute approximate surface area is 101 Å². The summed E-state index contributed by atoms with van der Waals surface area (Å²) in [6.07, 6.45) is 12.9. The molecule has 2 rings (SSSR count). The first kappa shape index (κ1) is 12.4. The van der Waals surface area contributed by atoms with E-state index in [1.807, 2.05) is 0 Å². The van der Waals surface area contributed by atoms with Gasteiger partial charge in [0, 0.05) is 12.1 Å². The fourth-order valence-corrected chi connectivity index (χ4v) is 3.37. The molecule has 2 nitrogen and oxygen atoms in total. The molecule has 2 heteroatoms. The molecule has 0 bridgehead atoms. The van der Waals surface area contributed by atoms with Gasteiger partial charge in [-0.05, 0) is 52.2 Å². The van der Waals surface area contributed by atoms with Gasteiger partial charge in [-0.25, -0.2) is 0 Å². The van der Waals surface area contributed by atoms with E-state index in [0.29, 0.717) is 0 Å². The van der Waals surface area contributed by atoms with Crippen molar-refractivity contribution in [2.45, 2.75) is 69.9 Å². The molecule has 2 fully saturated rings. The second kappa shape index (κ2) is 6.61. The minimum atomic E-state index is 0.845. The largest absolute Gasteiger partial charge is 0.317 e. The standard InChI is InChI=1S/C14H28N2/c1-16(13-7-4-2-3-5-8-13)14-9-6-11-15-12-10-14/h13-15H,2-12H2,1H3. The van der Waals surface area contributed by atoms with Gasteiger partial charge in [0.05, 0.1) is 0 Å². The zero-order valence-corrected chi connectivity index (χ0v) is 10.9. The summed E-state index contributed by atoms with van der Waals surface area (Å²) in [6, 6.07) is 1.73. The Morgan fingerprint density at radius 1 is 0.750 bits per heavy atom. The van der Waals surface area contributed by atoms with Gasteiger partial charge >= 0.3 is 0 Å². The summed E-state index contributed by atoms with van der Waals surface area (Å²) in [4.78, 5) is 2.72. The molecular weight excluding hydrogens is 196 g/mol. The lowest BCUT2D eigenvalue weighted by Gasteiger charge is -2.34. The van der Waals surface area contributed by atoms with E-state index in [2.05, 4.69) is 17.3 Å². The van der Waals surface area contributed by atoms with Crippen LogP contribution in [0.3, 0.4) is 0 Å². The predicted octanol–water partition coefficient (Wildman–Crippen LogP) is 2.78. The van der Waals surface area contributed by atoms with Crippen molar-refractivity contribution in [2.75, 3.05) is 20.1 Å². The molecule has 1 saturated heterocycles. The molecule has 0 aromatic rings. The zero-order chi connectivity index (χ0) is 11.2. The highest BCUT2D eigenvalue weighted by atomic mass is 15.2. The van der Waals surface area contributed by atoms with Crippen LogP contribution < -0.4 is 5.32 Å². The number of hydrogen-bond acceptors (Lipinski definition) is 2. The highest BCUT2D eigenvalue weighted by Crippen LogP contribution is 2.24. The van der Waals surface area contributed by atoms with E-state index < -0.39 is 0 Å². The molecule has 2 aliphatic rings. The first-order chi connectivity index (χ1) is 7.88. The van der Waals surface area contributed by atoms with Crippen LogP contribution in [0.15, 0.2) is 0 Å². The third-order valence-electron chi connectivity index (χ3n) is 4.52. The van der Waals surface area contributed by atoms with E-state index >= 15 is 0 Å². The summed E-state index contributed by atoms with van der Waals surface area (Å²) in [5, 5.41) is 3.52. The summed E-state index contributed by atoms with van der Waals surface area (Å²) < 4.78 is 0. The van der Waals surface area contributed by atoms with Gasteiger partial charge in [0.25, 0.3) is 0 Å². The smallest absolute Gasteiger partial charge is 0.0108 e. The molecule has 1 N–H and O–H groups in total. The van der Waals surface area contributed by atoms with Gasteiger partial charge in [-0.1, -0.05) is 25.7 Å². The van der Waals surface area contributed by atoms with Crippen LogP contribution in [0, 0.1) is 0 Å². The topological polar surface area (TPSA) is 15.3 Å². The molecule has 1 aliphatic carbocycles. The first-order valence-corrected chi connectivity index (χ1v) is 7.30. The zero-order valence-electron chi connectivity index (χ0n) is 10.9. The fourth-order valence-electron chi connectivity index (χ4n) is 3.37. The Morgan fingerprint density at radius 2 is 1.38 bits per heavy atom. The molecule has 1 unspecified atom stereocenters. The van der Waals surface area contributed by atoms with Gasteiger partial charge in [0.15, 0.2) is 0 Å². The van der Waals surface area contributed by atoms with Gasteiger partial charge in [0.2, 0.25) is 0 Å². The van der Waals surface area contributed by atoms with Crippen LogP contribution in [0.25, 0.3) is 0 Å². The Morgan fingerprint density at radius 3 is 2.12 bits per heavy atom. The van der Waals surface area contributed by atoms with E-state index in [1.165, 1.54) is 70.9 Å². The van der Waals surface area contributed by atoms with Gasteiger partial charge in [0.1, 0.15) is 0 Å². The quantitative estimate of drug-likeness (QED) is 0.726. The molecule has 1 saturated carbocycles. The van der Waals surface area contributed by atoms with Crippen LogP contribution in [-0.2, 0) is 0 Å². The highest BCUT2D eigenvalue weighted by Gasteiger charge is 2.24. The van der Waals surface area contributed by atoms with Crippen molar-refractivity contribution < 1.29 is 0 Å². The maximum absolute atomic E-state index is 3.52. The lowest BCUT2D eigenvalue weighted by Crippen LogP contribution is -2.40. The van der Waals surface area contributed by atoms with E-state index in [4.69, 9.17) is 0 Å². The molecule has 1 heterocycles. The maximum Gasteiger partial charge on any atom is 0.0108 e. The lowest BCUT2D eigenvalue weighted by atomic mass is 10.0. The molecule has 0 aromatic carbocycles. The van der Waals surface area contributed by atoms with Crippen LogP contribution in [0.5, 0.6) is 0 Å². The van der Waals surface area contributed by atoms with Crippen molar-refractivity contribution >= 4 is 0 Å². The molecule has 0 aromatic heterocycles. The van der Waals surface area contributed by atoms with Crippen molar-refractivity contribution in [1.82, 2.24) is 10.2 Å². The van der Waals surface area contributed by atoms with E-state index in [1.54, 1.807) is 0 Å². The Hall–Kier alpha value is -0.0800. The molecule has 1 aliphatic heterocycles. The number of nitrogens with zero attached hydrogens (tertiary/aromatic N) is 1. The van der Waals surface area contributed by atoms with Crippen LogP contribution in [0.4, 0.5) is 0 Å². The Balaban J connectivity index is 1.85. The van der Waals surface area contributed by atoms with Crippen molar-refractivity contribution in [1.29, 1.82) is 0 Å². The summed E-state index contributed by atoms with van der Waals surface area (Å²) in [5.41, 5.74) is 0. The molecular formula is C14H28N2. The average Bonchev–Trinajstić information content (AvgIpc) is 2.73. The van der Waals surface area contributed by atoms with Crippen molar-refractivity contribution in [3.8, 4) is 0 Å². The average molecular weight is 224 g/mol. The SMILES string of the molecule is CN(C1CCCCCC1)C1CCCNCC1. The normalized spacial score (nSPS) is 30.0. The van der Waals surface area contributed by atoms with Crippen LogP contribution in [0.1, 0.15) is 57.8 Å². The van der Waals surface area contributed by atoms with Crippen molar-refractivity contribution in [3.05, 3.63) is 0 Å². The van der Waals surface area contributed by atoms with E-state index in [9.17, 15) is 0 Å². The fraction of sp³-hybridized carbons (Fsp3) is 1.00. The van der Waals surface area contributed by atoms with Crippen LogP contribution in [-0.4, -0.2) is 37.1 Å². The second-order valence-corrected chi connectivity index (χ2v) is 5.65. The number of nitrogens with one attached hydrogen (secondary N) is 1. The van der Waals surface area contributed by atoms with Gasteiger partial charge in [-0.2, -0.15) is 0 Å². The maximum atomic E-state index is 3.52. The molecule has 94 valence electrons. The minimum Gasteiger partial charge on any atom is -0.317 e. The summed E-state index contributed by atoms with van der Waals surface area (Å²) >= 11 is 0. The Kier molecular flexibility index (Phi) is 5.11. The van der Waals surface area contributed by atoms with E-state index in [-0.39, 0.29) is 0 Å². The van der Waals surface area contributed by atoms with Crippen LogP contribution in [0.2, 0.25) is 0 Å². The third-order valence-corrected chi connectivity index (χ3v) is 4.52. The summed E-state index contributed by atoms with van der Waals surface area (Å²) in [5.74, 6) is 0. The van der Waals surface area contributed by atoms with E-state index in [0.717, 1.165) is 12.1 Å². The first-order valence-electron chi connectivity index (χ1n) is 7.30. The van der Waals surface area contributed by atoms with Crippen molar-refractivity contribution in [2.24, 2.45) is 0 Å². The predicted molar refractivity (Wildman–Crippen MR) is 69.8 cm³/mol. The molecule has 0 spiro atoms. The summed E-state index contributed by atoms with van der Waals surface area (Å²) in [7, 11) is 2.38. The van der Waals surface area contributed by atoms with Gasteiger partial charge < -0.3 is 10.2 Å². The highest BCUT2D eigenvalue weighted by molar-refractivity contribution is 4.80. The van der Waals surface area contributed by atoms with Gasteiger partial charge in [-0.3, -0.25) is 0 Å². The summed E-state index contributed by atoms with van der Waals surface area (Å²) in [6.45, 7) is 2.46. The van der Waals surface area contributed by atoms with Crippen LogP contribution >= 0.6 is 0 Å². The second-order valence-electron chi connectivity index (χ2n) is 5.65. The van der Waals surface area contributed by atoms with Crippen molar-refractivity contribution in [3.63, 3.8) is 0 Å². The molecule has 1 atom stereocenters. The Bertz CT molecular complexity index is 157. The number of rotatable bonds is 2. The third kappa shape index (κ3) is 3.46. The monoisotopic (exact) mass is 224 g/mol. The van der Waals surface area contributed by atoms with Gasteiger partial charge in [-0.15, -0.1) is 0 Å². The lowest BCUT2D eigenvalue weighted by molar-refractivity contribution is 0.146. The molecule has 0 radical (unpaired) electrons. The molecule has 16 heavy (non-hydrogen) atoms. The number of hydrogen-bond donors (Lipinski definition) is 1.